The molecule has 0 aromatic heterocycles. The molecule has 1 aliphatic rings. The number of nitrogens with zero attached hydrogens (tertiary/aromatic N) is 2. The van der Waals surface area contributed by atoms with E-state index in [1.54, 1.807) is 17.0 Å². The summed E-state index contributed by atoms with van der Waals surface area (Å²) in [4.78, 5) is 28.4. The van der Waals surface area contributed by atoms with Gasteiger partial charge in [-0.05, 0) is 71.5 Å². The lowest BCUT2D eigenvalue weighted by molar-refractivity contribution is -0.143. The zero-order valence-electron chi connectivity index (χ0n) is 14.0. The SMILES string of the molecule is Cc1cccc(N2CCN(C(=O)C(=O)Nc3ccc(I)cc3)CC2)c1. The third-order valence-electron chi connectivity index (χ3n) is 4.23. The highest BCUT2D eigenvalue weighted by Crippen LogP contribution is 2.18. The quantitative estimate of drug-likeness (QED) is 0.567. The van der Waals surface area contributed by atoms with Crippen molar-refractivity contribution in [2.24, 2.45) is 0 Å². The zero-order valence-corrected chi connectivity index (χ0v) is 16.2. The normalized spacial score (nSPS) is 14.3. The summed E-state index contributed by atoms with van der Waals surface area (Å²) in [5.41, 5.74) is 3.01. The maximum atomic E-state index is 12.4. The minimum absolute atomic E-state index is 0.470. The van der Waals surface area contributed by atoms with E-state index in [-0.39, 0.29) is 0 Å². The number of hydrogen-bond donors (Lipinski definition) is 1. The summed E-state index contributed by atoms with van der Waals surface area (Å²) >= 11 is 2.19. The summed E-state index contributed by atoms with van der Waals surface area (Å²) in [5.74, 6) is -1.05. The summed E-state index contributed by atoms with van der Waals surface area (Å²) in [5, 5.41) is 2.67. The van der Waals surface area contributed by atoms with Crippen molar-refractivity contribution < 1.29 is 9.59 Å². The third kappa shape index (κ3) is 4.50. The minimum Gasteiger partial charge on any atom is -0.368 e. The van der Waals surface area contributed by atoms with E-state index in [0.717, 1.165) is 22.3 Å². The molecule has 0 aliphatic carbocycles. The van der Waals surface area contributed by atoms with Crippen molar-refractivity contribution in [1.82, 2.24) is 4.90 Å². The summed E-state index contributed by atoms with van der Waals surface area (Å²) in [6.45, 7) is 4.62. The Morgan fingerprint density at radius 2 is 1.68 bits per heavy atom. The second-order valence-electron chi connectivity index (χ2n) is 6.08. The van der Waals surface area contributed by atoms with Gasteiger partial charge in [0.05, 0.1) is 0 Å². The average molecular weight is 449 g/mol. The summed E-state index contributed by atoms with van der Waals surface area (Å²) in [6, 6.07) is 15.7. The summed E-state index contributed by atoms with van der Waals surface area (Å²) in [7, 11) is 0. The molecule has 6 heteroatoms. The van der Waals surface area contributed by atoms with Gasteiger partial charge in [0.25, 0.3) is 0 Å². The molecule has 1 N–H and O–H groups in total. The molecular formula is C19H20IN3O2. The van der Waals surface area contributed by atoms with Crippen molar-refractivity contribution in [3.05, 3.63) is 57.7 Å². The number of aryl methyl sites for hydroxylation is 1. The number of halogens is 1. The second-order valence-corrected chi connectivity index (χ2v) is 7.32. The lowest BCUT2D eigenvalue weighted by Crippen LogP contribution is -2.51. The van der Waals surface area contributed by atoms with Gasteiger partial charge < -0.3 is 15.1 Å². The Labute approximate surface area is 161 Å². The molecule has 1 heterocycles. The smallest absolute Gasteiger partial charge is 0.313 e. The lowest BCUT2D eigenvalue weighted by atomic mass is 10.2. The number of hydrogen-bond acceptors (Lipinski definition) is 3. The van der Waals surface area contributed by atoms with Gasteiger partial charge in [0.1, 0.15) is 0 Å². The Morgan fingerprint density at radius 1 is 1.00 bits per heavy atom. The maximum absolute atomic E-state index is 12.4. The topological polar surface area (TPSA) is 52.7 Å². The van der Waals surface area contributed by atoms with E-state index < -0.39 is 11.8 Å². The lowest BCUT2D eigenvalue weighted by Gasteiger charge is -2.35. The molecule has 0 unspecified atom stereocenters. The number of carbonyl (C=O) groups is 2. The molecule has 0 atom stereocenters. The number of nitrogens with one attached hydrogen (secondary N) is 1. The Kier molecular flexibility index (Phi) is 5.57. The molecule has 2 aromatic carbocycles. The van der Waals surface area contributed by atoms with Gasteiger partial charge in [-0.25, -0.2) is 0 Å². The molecule has 0 spiro atoms. The first kappa shape index (κ1) is 17.7. The molecule has 0 radical (unpaired) electrons. The fraction of sp³-hybridized carbons (Fsp3) is 0.263. The Morgan fingerprint density at radius 3 is 2.32 bits per heavy atom. The van der Waals surface area contributed by atoms with E-state index in [1.165, 1.54) is 5.56 Å². The predicted molar refractivity (Wildman–Crippen MR) is 108 cm³/mol. The molecule has 25 heavy (non-hydrogen) atoms. The van der Waals surface area contributed by atoms with Crippen molar-refractivity contribution in [2.45, 2.75) is 6.92 Å². The van der Waals surface area contributed by atoms with Crippen LogP contribution in [0.1, 0.15) is 5.56 Å². The molecule has 3 rings (SSSR count). The molecular weight excluding hydrogens is 429 g/mol. The van der Waals surface area contributed by atoms with Crippen LogP contribution in [0.2, 0.25) is 0 Å². The largest absolute Gasteiger partial charge is 0.368 e. The third-order valence-corrected chi connectivity index (χ3v) is 4.95. The van der Waals surface area contributed by atoms with E-state index in [0.29, 0.717) is 18.8 Å². The van der Waals surface area contributed by atoms with Crippen LogP contribution in [0.25, 0.3) is 0 Å². The molecule has 1 aliphatic heterocycles. The second kappa shape index (κ2) is 7.86. The van der Waals surface area contributed by atoms with E-state index in [1.807, 2.05) is 18.2 Å². The van der Waals surface area contributed by atoms with Crippen LogP contribution in [0.4, 0.5) is 11.4 Å². The summed E-state index contributed by atoms with van der Waals surface area (Å²) in [6.07, 6.45) is 0. The van der Waals surface area contributed by atoms with Crippen LogP contribution in [-0.2, 0) is 9.59 Å². The first-order valence-corrected chi connectivity index (χ1v) is 9.28. The van der Waals surface area contributed by atoms with Crippen LogP contribution in [0, 0.1) is 10.5 Å². The molecule has 130 valence electrons. The fourth-order valence-corrected chi connectivity index (χ4v) is 3.21. The molecule has 2 amide bonds. The standard InChI is InChI=1S/C19H20IN3O2/c1-14-3-2-4-17(13-14)22-9-11-23(12-10-22)19(25)18(24)21-16-7-5-15(20)6-8-16/h2-8,13H,9-12H2,1H3,(H,21,24). The number of amides is 2. The first-order valence-electron chi connectivity index (χ1n) is 8.20. The predicted octanol–water partition coefficient (Wildman–Crippen LogP) is 2.89. The summed E-state index contributed by atoms with van der Waals surface area (Å²) < 4.78 is 1.08. The number of carbonyl (C=O) groups excluding carboxylic acids is 2. The van der Waals surface area contributed by atoms with Gasteiger partial charge in [-0.15, -0.1) is 0 Å². The number of anilines is 2. The highest BCUT2D eigenvalue weighted by atomic mass is 127. The molecule has 5 nitrogen and oxygen atoms in total. The van der Waals surface area contributed by atoms with E-state index >= 15 is 0 Å². The van der Waals surface area contributed by atoms with Crippen LogP contribution in [0.3, 0.4) is 0 Å². The van der Waals surface area contributed by atoms with Crippen molar-refractivity contribution in [1.29, 1.82) is 0 Å². The highest BCUT2D eigenvalue weighted by Gasteiger charge is 2.26. The van der Waals surface area contributed by atoms with Crippen LogP contribution in [-0.4, -0.2) is 42.9 Å². The Bertz CT molecular complexity index is 768. The van der Waals surface area contributed by atoms with Gasteiger partial charge in [0.15, 0.2) is 0 Å². The first-order chi connectivity index (χ1) is 12.0. The van der Waals surface area contributed by atoms with Gasteiger partial charge >= 0.3 is 11.8 Å². The van der Waals surface area contributed by atoms with Crippen LogP contribution >= 0.6 is 22.6 Å². The van der Waals surface area contributed by atoms with Crippen LogP contribution in [0.5, 0.6) is 0 Å². The van der Waals surface area contributed by atoms with Gasteiger partial charge in [0.2, 0.25) is 0 Å². The molecule has 0 bridgehead atoms. The minimum atomic E-state index is -0.579. The van der Waals surface area contributed by atoms with Crippen molar-refractivity contribution in [3.8, 4) is 0 Å². The van der Waals surface area contributed by atoms with Gasteiger partial charge in [0, 0.05) is 41.1 Å². The van der Waals surface area contributed by atoms with E-state index in [4.69, 9.17) is 0 Å². The van der Waals surface area contributed by atoms with Crippen molar-refractivity contribution >= 4 is 45.8 Å². The average Bonchev–Trinajstić information content (AvgIpc) is 2.63. The van der Waals surface area contributed by atoms with Gasteiger partial charge in [-0.3, -0.25) is 9.59 Å². The van der Waals surface area contributed by atoms with Gasteiger partial charge in [-0.1, -0.05) is 12.1 Å². The van der Waals surface area contributed by atoms with Gasteiger partial charge in [-0.2, -0.15) is 0 Å². The number of benzene rings is 2. The Balaban J connectivity index is 1.55. The fourth-order valence-electron chi connectivity index (χ4n) is 2.85. The molecule has 0 saturated carbocycles. The van der Waals surface area contributed by atoms with E-state index in [2.05, 4.69) is 57.9 Å². The Hall–Kier alpha value is -2.09. The van der Waals surface area contributed by atoms with Crippen LogP contribution in [0.15, 0.2) is 48.5 Å². The molecule has 1 saturated heterocycles. The van der Waals surface area contributed by atoms with Crippen molar-refractivity contribution in [2.75, 3.05) is 36.4 Å². The zero-order chi connectivity index (χ0) is 17.8. The van der Waals surface area contributed by atoms with Crippen LogP contribution < -0.4 is 10.2 Å². The number of rotatable bonds is 2. The maximum Gasteiger partial charge on any atom is 0.313 e. The monoisotopic (exact) mass is 449 g/mol. The highest BCUT2D eigenvalue weighted by molar-refractivity contribution is 14.1. The van der Waals surface area contributed by atoms with Crippen molar-refractivity contribution in [3.63, 3.8) is 0 Å². The molecule has 1 fully saturated rings. The van der Waals surface area contributed by atoms with E-state index in [9.17, 15) is 9.59 Å². The number of piperazine rings is 1. The molecule has 2 aromatic rings.